The Morgan fingerprint density at radius 1 is 1.44 bits per heavy atom. The van der Waals surface area contributed by atoms with E-state index in [0.717, 1.165) is 29.8 Å². The number of hydrogen-bond acceptors (Lipinski definition) is 3. The Morgan fingerprint density at radius 3 is 2.89 bits per heavy atom. The zero-order valence-electron chi connectivity index (χ0n) is 11.3. The summed E-state index contributed by atoms with van der Waals surface area (Å²) < 4.78 is -0.0643. The SMILES string of the molecule is CCC[C@]1(C)SC(=NC2CC3CCC2C3)NC1=N. The average Bonchev–Trinajstić information content (AvgIpc) is 2.96. The molecular formula is C14H23N3S. The lowest BCUT2D eigenvalue weighted by Gasteiger charge is -2.19. The van der Waals surface area contributed by atoms with Crippen molar-refractivity contribution in [3.8, 4) is 0 Å². The minimum absolute atomic E-state index is 0.0643. The van der Waals surface area contributed by atoms with E-state index in [9.17, 15) is 0 Å². The van der Waals surface area contributed by atoms with Crippen LogP contribution in [0.15, 0.2) is 4.99 Å². The molecule has 0 spiro atoms. The van der Waals surface area contributed by atoms with Crippen molar-refractivity contribution in [2.45, 2.75) is 63.2 Å². The minimum Gasteiger partial charge on any atom is -0.322 e. The van der Waals surface area contributed by atoms with Gasteiger partial charge in [-0.15, -0.1) is 0 Å². The smallest absolute Gasteiger partial charge is 0.163 e. The molecule has 100 valence electrons. The zero-order valence-corrected chi connectivity index (χ0v) is 12.1. The quantitative estimate of drug-likeness (QED) is 0.821. The molecule has 0 radical (unpaired) electrons. The molecule has 0 aromatic heterocycles. The molecule has 4 atom stereocenters. The number of fused-ring (bicyclic) bond motifs is 2. The second-order valence-corrected chi connectivity index (χ2v) is 7.75. The van der Waals surface area contributed by atoms with E-state index in [0.29, 0.717) is 11.9 Å². The van der Waals surface area contributed by atoms with Gasteiger partial charge < -0.3 is 5.32 Å². The van der Waals surface area contributed by atoms with Crippen LogP contribution in [-0.2, 0) is 0 Å². The maximum absolute atomic E-state index is 8.10. The Hall–Kier alpha value is -0.510. The highest BCUT2D eigenvalue weighted by atomic mass is 32.2. The fourth-order valence-electron chi connectivity index (χ4n) is 3.76. The average molecular weight is 265 g/mol. The molecule has 0 aromatic rings. The first-order valence-corrected chi connectivity index (χ1v) is 8.05. The van der Waals surface area contributed by atoms with Gasteiger partial charge in [-0.05, 0) is 44.4 Å². The predicted octanol–water partition coefficient (Wildman–Crippen LogP) is 3.40. The van der Waals surface area contributed by atoms with E-state index in [2.05, 4.69) is 19.2 Å². The molecule has 3 rings (SSSR count). The fourth-order valence-corrected chi connectivity index (χ4v) is 4.99. The highest BCUT2D eigenvalue weighted by Gasteiger charge is 2.42. The van der Waals surface area contributed by atoms with Gasteiger partial charge in [-0.25, -0.2) is 0 Å². The van der Waals surface area contributed by atoms with Gasteiger partial charge in [-0.3, -0.25) is 10.4 Å². The highest BCUT2D eigenvalue weighted by molar-refractivity contribution is 8.16. The molecule has 3 unspecified atom stereocenters. The van der Waals surface area contributed by atoms with Crippen LogP contribution in [0.4, 0.5) is 0 Å². The number of thioether (sulfide) groups is 1. The molecule has 0 aromatic carbocycles. The molecule has 4 heteroatoms. The molecule has 18 heavy (non-hydrogen) atoms. The van der Waals surface area contributed by atoms with Gasteiger partial charge in [-0.1, -0.05) is 31.5 Å². The maximum Gasteiger partial charge on any atom is 0.163 e. The van der Waals surface area contributed by atoms with Crippen LogP contribution in [0.5, 0.6) is 0 Å². The molecule has 3 aliphatic rings. The van der Waals surface area contributed by atoms with Crippen molar-refractivity contribution >= 4 is 22.8 Å². The molecule has 2 aliphatic carbocycles. The fraction of sp³-hybridized carbons (Fsp3) is 0.857. The van der Waals surface area contributed by atoms with Crippen LogP contribution >= 0.6 is 11.8 Å². The summed E-state index contributed by atoms with van der Waals surface area (Å²) >= 11 is 1.77. The first kappa shape index (κ1) is 12.5. The summed E-state index contributed by atoms with van der Waals surface area (Å²) in [6.45, 7) is 4.35. The first-order chi connectivity index (χ1) is 8.60. The summed E-state index contributed by atoms with van der Waals surface area (Å²) in [5.41, 5.74) is 0. The van der Waals surface area contributed by atoms with E-state index >= 15 is 0 Å². The van der Waals surface area contributed by atoms with Crippen molar-refractivity contribution < 1.29 is 0 Å². The summed E-state index contributed by atoms with van der Waals surface area (Å²) in [4.78, 5) is 4.91. The third-order valence-corrected chi connectivity index (χ3v) is 6.05. The van der Waals surface area contributed by atoms with Crippen molar-refractivity contribution in [1.82, 2.24) is 5.32 Å². The summed E-state index contributed by atoms with van der Waals surface area (Å²) in [5, 5.41) is 12.3. The highest BCUT2D eigenvalue weighted by Crippen LogP contribution is 2.46. The zero-order chi connectivity index (χ0) is 12.8. The molecule has 0 amide bonds. The van der Waals surface area contributed by atoms with Crippen LogP contribution in [0, 0.1) is 17.2 Å². The summed E-state index contributed by atoms with van der Waals surface area (Å²) in [7, 11) is 0. The molecule has 1 saturated heterocycles. The van der Waals surface area contributed by atoms with E-state index in [1.54, 1.807) is 11.8 Å². The maximum atomic E-state index is 8.10. The van der Waals surface area contributed by atoms with Gasteiger partial charge in [-0.2, -0.15) is 0 Å². The van der Waals surface area contributed by atoms with E-state index in [1.165, 1.54) is 25.7 Å². The van der Waals surface area contributed by atoms with E-state index in [4.69, 9.17) is 10.4 Å². The summed E-state index contributed by atoms with van der Waals surface area (Å²) in [6.07, 6.45) is 7.66. The largest absolute Gasteiger partial charge is 0.322 e. The van der Waals surface area contributed by atoms with Gasteiger partial charge in [0.1, 0.15) is 5.84 Å². The standard InChI is InChI=1S/C14H23N3S/c1-3-6-14(2)12(15)17-13(18-14)16-11-8-9-4-5-10(11)7-9/h9-11H,3-8H2,1-2H3,(H2,15,16,17)/t9?,10?,11?,14-/m0/s1. The monoisotopic (exact) mass is 265 g/mol. The number of nitrogens with one attached hydrogen (secondary N) is 2. The van der Waals surface area contributed by atoms with E-state index in [1.807, 2.05) is 0 Å². The van der Waals surface area contributed by atoms with Gasteiger partial charge in [0, 0.05) is 0 Å². The molecule has 1 aliphatic heterocycles. The third-order valence-electron chi connectivity index (χ3n) is 4.79. The number of aliphatic imine (C=N–C) groups is 1. The minimum atomic E-state index is -0.0643. The lowest BCUT2D eigenvalue weighted by atomic mass is 9.96. The van der Waals surface area contributed by atoms with Gasteiger partial charge in [0.05, 0.1) is 10.8 Å². The topological polar surface area (TPSA) is 48.2 Å². The van der Waals surface area contributed by atoms with Crippen molar-refractivity contribution in [2.75, 3.05) is 0 Å². The number of rotatable bonds is 3. The number of nitrogens with zero attached hydrogens (tertiary/aromatic N) is 1. The van der Waals surface area contributed by atoms with Crippen molar-refractivity contribution in [3.05, 3.63) is 0 Å². The molecule has 1 heterocycles. The number of hydrogen-bond donors (Lipinski definition) is 2. The van der Waals surface area contributed by atoms with Gasteiger partial charge >= 0.3 is 0 Å². The van der Waals surface area contributed by atoms with Crippen LogP contribution in [0.1, 0.15) is 52.4 Å². The van der Waals surface area contributed by atoms with Crippen molar-refractivity contribution in [3.63, 3.8) is 0 Å². The van der Waals surface area contributed by atoms with Crippen LogP contribution in [0.25, 0.3) is 0 Å². The van der Waals surface area contributed by atoms with Crippen LogP contribution < -0.4 is 5.32 Å². The molecule has 2 N–H and O–H groups in total. The summed E-state index contributed by atoms with van der Waals surface area (Å²) in [6, 6.07) is 0.538. The van der Waals surface area contributed by atoms with E-state index in [-0.39, 0.29) is 4.75 Å². The normalized spacial score (nSPS) is 44.9. The predicted molar refractivity (Wildman–Crippen MR) is 78.4 cm³/mol. The van der Waals surface area contributed by atoms with Crippen LogP contribution in [-0.4, -0.2) is 21.8 Å². The second-order valence-electron chi connectivity index (χ2n) is 6.26. The lowest BCUT2D eigenvalue weighted by molar-refractivity contribution is 0.420. The molecule has 3 fully saturated rings. The lowest BCUT2D eigenvalue weighted by Crippen LogP contribution is -2.33. The van der Waals surface area contributed by atoms with Gasteiger partial charge in [0.2, 0.25) is 0 Å². The third kappa shape index (κ3) is 2.09. The Balaban J connectivity index is 1.69. The Bertz CT molecular complexity index is 393. The van der Waals surface area contributed by atoms with Crippen LogP contribution in [0.2, 0.25) is 0 Å². The number of amidine groups is 2. The molecule has 3 nitrogen and oxygen atoms in total. The van der Waals surface area contributed by atoms with Gasteiger partial charge in [0.15, 0.2) is 5.17 Å². The van der Waals surface area contributed by atoms with Gasteiger partial charge in [0.25, 0.3) is 0 Å². The summed E-state index contributed by atoms with van der Waals surface area (Å²) in [5.74, 6) is 2.42. The molecular weight excluding hydrogens is 242 g/mol. The van der Waals surface area contributed by atoms with Crippen molar-refractivity contribution in [1.29, 1.82) is 5.41 Å². The first-order valence-electron chi connectivity index (χ1n) is 7.23. The van der Waals surface area contributed by atoms with E-state index < -0.39 is 0 Å². The Morgan fingerprint density at radius 2 is 2.28 bits per heavy atom. The Kier molecular flexibility index (Phi) is 3.16. The molecule has 2 bridgehead atoms. The van der Waals surface area contributed by atoms with Crippen LogP contribution in [0.3, 0.4) is 0 Å². The van der Waals surface area contributed by atoms with Crippen molar-refractivity contribution in [2.24, 2.45) is 16.8 Å². The molecule has 2 saturated carbocycles. The Labute approximate surface area is 114 Å². The second kappa shape index (κ2) is 4.55.